The van der Waals surface area contributed by atoms with Crippen LogP contribution < -0.4 is 0 Å². The van der Waals surface area contributed by atoms with Crippen molar-refractivity contribution in [1.29, 1.82) is 0 Å². The van der Waals surface area contributed by atoms with E-state index in [1.807, 2.05) is 48.5 Å². The molecule has 2 aromatic rings. The van der Waals surface area contributed by atoms with E-state index in [4.69, 9.17) is 8.68 Å². The molecule has 0 bridgehead atoms. The summed E-state index contributed by atoms with van der Waals surface area (Å²) in [7, 11) is 0. The van der Waals surface area contributed by atoms with Gasteiger partial charge >= 0.3 is 0 Å². The van der Waals surface area contributed by atoms with Gasteiger partial charge in [0.2, 0.25) is 0 Å². The highest BCUT2D eigenvalue weighted by Crippen LogP contribution is 2.26. The molecule has 0 N–H and O–H groups in total. The van der Waals surface area contributed by atoms with Crippen LogP contribution in [0.2, 0.25) is 0 Å². The van der Waals surface area contributed by atoms with Crippen molar-refractivity contribution in [3.8, 4) is 0 Å². The van der Waals surface area contributed by atoms with E-state index in [0.29, 0.717) is 0 Å². The summed E-state index contributed by atoms with van der Waals surface area (Å²) < 4.78 is 36.5. The maximum absolute atomic E-state index is 8.26. The summed E-state index contributed by atoms with van der Waals surface area (Å²) in [6.45, 7) is 0. The standard InChI is InChI=1S/C14H12.2H2/c1-2-6-12-10-14-8-4-3-7-13(14)9-11(12)5-1;;/h1-8H,9-10H2;2*1H/i9D2;2*1+1D. The number of benzene rings is 2. The van der Waals surface area contributed by atoms with E-state index in [2.05, 4.69) is 0 Å². The molecule has 1 aliphatic carbocycles. The molecular weight excluding hydrogens is 168 g/mol. The zero-order valence-electron chi connectivity index (χ0n) is 13.8. The molecule has 0 unspecified atom stereocenters. The second-order valence-electron chi connectivity index (χ2n) is 3.62. The Labute approximate surface area is 93.2 Å². The van der Waals surface area contributed by atoms with Crippen molar-refractivity contribution >= 4 is 0 Å². The second kappa shape index (κ2) is 2.98. The minimum absolute atomic E-state index is 0.814. The monoisotopic (exact) mass is 190 g/mol. The second-order valence-corrected chi connectivity index (χ2v) is 3.62. The third-order valence-electron chi connectivity index (χ3n) is 2.68. The van der Waals surface area contributed by atoms with E-state index in [-0.39, 0.29) is 0 Å². The molecule has 0 nitrogen and oxygen atoms in total. The topological polar surface area (TPSA) is 0 Å². The van der Waals surface area contributed by atoms with Crippen LogP contribution in [0.5, 0.6) is 0 Å². The van der Waals surface area contributed by atoms with Gasteiger partial charge in [-0.15, -0.1) is 0 Å². The van der Waals surface area contributed by atoms with Crippen LogP contribution in [0.25, 0.3) is 0 Å². The molecule has 0 heterocycles. The van der Waals surface area contributed by atoms with Crippen molar-refractivity contribution in [2.45, 2.75) is 12.8 Å². The van der Waals surface area contributed by atoms with Crippen LogP contribution in [0, 0.1) is 0 Å². The lowest BCUT2D eigenvalue weighted by Gasteiger charge is -2.18. The first-order chi connectivity index (χ1) is 9.69. The Morgan fingerprint density at radius 3 is 1.79 bits per heavy atom. The largest absolute Gasteiger partial charge is 0.0620 e. The fourth-order valence-electron chi connectivity index (χ4n) is 1.94. The Kier molecular flexibility index (Phi) is 1.02. The van der Waals surface area contributed by atoms with Crippen molar-refractivity contribution in [2.24, 2.45) is 0 Å². The summed E-state index contributed by atoms with van der Waals surface area (Å²) in [6.07, 6.45) is -0.517. The van der Waals surface area contributed by atoms with Gasteiger partial charge in [-0.05, 0) is 35.0 Å². The molecule has 0 atom stereocenters. The molecule has 0 saturated heterocycles. The van der Waals surface area contributed by atoms with Gasteiger partial charge in [0, 0.05) is 8.68 Å². The van der Waals surface area contributed by atoms with E-state index in [9.17, 15) is 0 Å². The Bertz CT molecular complexity index is 505. The van der Waals surface area contributed by atoms with Gasteiger partial charge in [0.15, 0.2) is 0 Å². The summed E-state index contributed by atoms with van der Waals surface area (Å²) in [5, 5.41) is 0. The van der Waals surface area contributed by atoms with E-state index in [1.165, 1.54) is 0 Å². The van der Waals surface area contributed by atoms with Crippen molar-refractivity contribution in [3.05, 3.63) is 70.8 Å². The summed E-state index contributed by atoms with van der Waals surface area (Å²) in [5.41, 5.74) is 3.83. The van der Waals surface area contributed by atoms with Crippen molar-refractivity contribution in [1.82, 2.24) is 0 Å². The highest BCUT2D eigenvalue weighted by Gasteiger charge is 2.12. The minimum Gasteiger partial charge on any atom is -0.0620 e. The normalized spacial score (nSPS) is 20.0. The van der Waals surface area contributed by atoms with Crippen molar-refractivity contribution in [2.75, 3.05) is 0 Å². The maximum Gasteiger partial charge on any atom is 0.0366 e. The van der Waals surface area contributed by atoms with Crippen LogP contribution in [0.4, 0.5) is 0 Å². The number of rotatable bonds is 0. The summed E-state index contributed by atoms with van der Waals surface area (Å²) >= 11 is 0. The van der Waals surface area contributed by atoms with Gasteiger partial charge in [-0.25, -0.2) is 0 Å². The fraction of sp³-hybridized carbons (Fsp3) is 0.143. The van der Waals surface area contributed by atoms with E-state index in [1.54, 1.807) is 0 Å². The number of fused-ring (bicyclic) bond motifs is 2. The van der Waals surface area contributed by atoms with Crippen molar-refractivity contribution in [3.63, 3.8) is 0 Å². The van der Waals surface area contributed by atoms with E-state index >= 15 is 0 Å². The minimum atomic E-state index is -1.36. The van der Waals surface area contributed by atoms with E-state index in [0.717, 1.165) is 28.7 Å². The molecule has 3 rings (SSSR count). The molecule has 0 heteroatoms. The lowest BCUT2D eigenvalue weighted by molar-refractivity contribution is 1.00. The third-order valence-corrected chi connectivity index (χ3v) is 2.68. The van der Waals surface area contributed by atoms with Crippen LogP contribution in [0.1, 0.15) is 30.9 Å². The predicted octanol–water partition coefficient (Wildman–Crippen LogP) is 3.67. The first-order valence-corrected chi connectivity index (χ1v) is 4.86. The third kappa shape index (κ3) is 1.15. The van der Waals surface area contributed by atoms with Crippen molar-refractivity contribution < 1.29 is 8.68 Å². The highest BCUT2D eigenvalue weighted by molar-refractivity contribution is 5.44. The molecule has 0 fully saturated rings. The Morgan fingerprint density at radius 2 is 1.29 bits per heavy atom. The van der Waals surface area contributed by atoms with Gasteiger partial charge in [-0.3, -0.25) is 0 Å². The molecule has 0 amide bonds. The van der Waals surface area contributed by atoms with E-state index < -0.39 is 6.37 Å². The molecule has 14 heavy (non-hydrogen) atoms. The average molecular weight is 190 g/mol. The summed E-state index contributed by atoms with van der Waals surface area (Å²) in [6, 6.07) is 15.6. The van der Waals surface area contributed by atoms with Gasteiger partial charge in [0.1, 0.15) is 0 Å². The molecule has 1 aliphatic rings. The van der Waals surface area contributed by atoms with Crippen LogP contribution in [0.15, 0.2) is 48.5 Å². The van der Waals surface area contributed by atoms with Gasteiger partial charge < -0.3 is 0 Å². The first kappa shape index (κ1) is 4.79. The molecule has 0 aliphatic heterocycles. The van der Waals surface area contributed by atoms with Crippen LogP contribution in [0.3, 0.4) is 0 Å². The molecule has 0 saturated carbocycles. The molecule has 72 valence electrons. The van der Waals surface area contributed by atoms with Gasteiger partial charge in [-0.1, -0.05) is 48.5 Å². The Morgan fingerprint density at radius 1 is 0.857 bits per heavy atom. The SMILES string of the molecule is [2H]C1([2H])c2ccccc2Cc2ccccc21.[2H][2H].[2H][2H]. The molecule has 0 radical (unpaired) electrons. The van der Waals surface area contributed by atoms with Crippen LogP contribution in [-0.2, 0) is 12.8 Å². The van der Waals surface area contributed by atoms with Crippen LogP contribution in [-0.4, -0.2) is 0 Å². The Hall–Kier alpha value is -1.56. The maximum atomic E-state index is 8.26. The number of hydrogen-bond donors (Lipinski definition) is 0. The van der Waals surface area contributed by atoms with Gasteiger partial charge in [-0.2, -0.15) is 0 Å². The fourth-order valence-corrected chi connectivity index (χ4v) is 1.94. The molecule has 2 aromatic carbocycles. The smallest absolute Gasteiger partial charge is 0.0366 e. The highest BCUT2D eigenvalue weighted by atomic mass is 14.2. The van der Waals surface area contributed by atoms with Crippen LogP contribution >= 0.6 is 0 Å². The van der Waals surface area contributed by atoms with Gasteiger partial charge in [0.05, 0.1) is 0 Å². The van der Waals surface area contributed by atoms with Gasteiger partial charge in [0.25, 0.3) is 0 Å². The lowest BCUT2D eigenvalue weighted by atomic mass is 9.86. The number of hydrogen-bond acceptors (Lipinski definition) is 0. The quantitative estimate of drug-likeness (QED) is 0.594. The summed E-state index contributed by atoms with van der Waals surface area (Å²) in [5.74, 6) is 0. The molecule has 0 aromatic heterocycles. The Balaban J connectivity index is 0.000000461. The molecule has 0 spiro atoms. The average Bonchev–Trinajstić information content (AvgIpc) is 2.52. The summed E-state index contributed by atoms with van der Waals surface area (Å²) in [4.78, 5) is 0. The first-order valence-electron chi connectivity index (χ1n) is 7.86. The lowest BCUT2D eigenvalue weighted by Crippen LogP contribution is -2.06. The zero-order valence-corrected chi connectivity index (χ0v) is 7.83. The zero-order chi connectivity index (χ0) is 15.2. The predicted molar refractivity (Wildman–Crippen MR) is 62.7 cm³/mol. The molecular formula is C14H16.